The molecule has 0 radical (unpaired) electrons. The third-order valence-corrected chi connectivity index (χ3v) is 6.43. The summed E-state index contributed by atoms with van der Waals surface area (Å²) in [6.07, 6.45) is 11.9. The van der Waals surface area contributed by atoms with Gasteiger partial charge in [-0.25, -0.2) is 15.1 Å². The van der Waals surface area contributed by atoms with Crippen LogP contribution in [0.4, 0.5) is 0 Å². The molecule has 0 aliphatic heterocycles. The Hall–Kier alpha value is -3.75. The van der Waals surface area contributed by atoms with Gasteiger partial charge in [-0.3, -0.25) is 0 Å². The van der Waals surface area contributed by atoms with Crippen LogP contribution in [-0.2, 0) is 23.2 Å². The van der Waals surface area contributed by atoms with Crippen LogP contribution in [0.2, 0.25) is 0 Å². The van der Waals surface area contributed by atoms with Crippen LogP contribution in [0, 0.1) is 0 Å². The first-order chi connectivity index (χ1) is 16.2. The van der Waals surface area contributed by atoms with E-state index in [1.807, 2.05) is 30.6 Å². The van der Waals surface area contributed by atoms with Crippen LogP contribution in [0.1, 0.15) is 56.4 Å². The minimum absolute atomic E-state index is 0.0279. The lowest BCUT2D eigenvalue weighted by Gasteiger charge is -2.36. The second-order valence-corrected chi connectivity index (χ2v) is 8.50. The number of nitrogens with one attached hydrogen (secondary N) is 2. The maximum atomic E-state index is 6.04. The largest absolute Gasteiger partial charge is 0.489 e. The predicted octanol–water partition coefficient (Wildman–Crippen LogP) is 4.17. The molecule has 0 amide bonds. The van der Waals surface area contributed by atoms with E-state index in [2.05, 4.69) is 78.3 Å². The Labute approximate surface area is 192 Å². The van der Waals surface area contributed by atoms with Crippen molar-refractivity contribution >= 4 is 11.3 Å². The number of nitrogens with zero attached hydrogens (tertiary/aromatic N) is 6. The zero-order valence-corrected chi connectivity index (χ0v) is 18.9. The molecule has 5 rings (SSSR count). The second-order valence-electron chi connectivity index (χ2n) is 8.50. The SMILES string of the molecule is CCCCc1nc2ncn(C(C)C3(c4nnn[nH]4)C=CC(OCc4ccccc4)=CC3)c2[nH]1. The van der Waals surface area contributed by atoms with Gasteiger partial charge in [-0.05, 0) is 47.9 Å². The summed E-state index contributed by atoms with van der Waals surface area (Å²) in [5, 5.41) is 15.0. The third-order valence-electron chi connectivity index (χ3n) is 6.43. The molecule has 2 atom stereocenters. The number of fused-ring (bicyclic) bond motifs is 1. The second kappa shape index (κ2) is 9.01. The molecule has 0 saturated heterocycles. The number of tetrazole rings is 1. The maximum Gasteiger partial charge on any atom is 0.197 e. The molecular formula is C24H28N8O. The summed E-state index contributed by atoms with van der Waals surface area (Å²) in [6.45, 7) is 4.86. The first-order valence-electron chi connectivity index (χ1n) is 11.4. The van der Waals surface area contributed by atoms with Gasteiger partial charge in [-0.2, -0.15) is 0 Å². The molecule has 1 aromatic carbocycles. The molecule has 3 heterocycles. The van der Waals surface area contributed by atoms with Gasteiger partial charge in [0.15, 0.2) is 17.1 Å². The Morgan fingerprint density at radius 3 is 2.85 bits per heavy atom. The van der Waals surface area contributed by atoms with E-state index in [9.17, 15) is 0 Å². The van der Waals surface area contributed by atoms with Crippen molar-refractivity contribution in [2.24, 2.45) is 0 Å². The first kappa shape index (κ1) is 21.1. The third kappa shape index (κ3) is 4.06. The van der Waals surface area contributed by atoms with Crippen LogP contribution in [-0.4, -0.2) is 40.1 Å². The topological polar surface area (TPSA) is 110 Å². The van der Waals surface area contributed by atoms with Gasteiger partial charge in [0, 0.05) is 6.42 Å². The van der Waals surface area contributed by atoms with E-state index in [1.165, 1.54) is 0 Å². The fourth-order valence-corrected chi connectivity index (χ4v) is 4.37. The molecular weight excluding hydrogens is 416 g/mol. The maximum absolute atomic E-state index is 6.04. The fourth-order valence-electron chi connectivity index (χ4n) is 4.37. The summed E-state index contributed by atoms with van der Waals surface area (Å²) in [4.78, 5) is 12.7. The number of ether oxygens (including phenoxy) is 1. The van der Waals surface area contributed by atoms with Crippen LogP contribution in [0.15, 0.2) is 60.6 Å². The minimum Gasteiger partial charge on any atom is -0.489 e. The minimum atomic E-state index is -0.481. The van der Waals surface area contributed by atoms with Gasteiger partial charge in [0.25, 0.3) is 0 Å². The van der Waals surface area contributed by atoms with E-state index in [-0.39, 0.29) is 6.04 Å². The molecule has 1 aliphatic rings. The van der Waals surface area contributed by atoms with Crippen molar-refractivity contribution in [3.63, 3.8) is 0 Å². The van der Waals surface area contributed by atoms with E-state index in [1.54, 1.807) is 0 Å². The van der Waals surface area contributed by atoms with Gasteiger partial charge < -0.3 is 14.3 Å². The predicted molar refractivity (Wildman–Crippen MR) is 124 cm³/mol. The Bertz CT molecular complexity index is 1250. The van der Waals surface area contributed by atoms with Crippen molar-refractivity contribution in [2.75, 3.05) is 0 Å². The summed E-state index contributed by atoms with van der Waals surface area (Å²) < 4.78 is 8.17. The summed E-state index contributed by atoms with van der Waals surface area (Å²) in [5.41, 5.74) is 2.31. The number of aromatic amines is 2. The van der Waals surface area contributed by atoms with Crippen LogP contribution < -0.4 is 0 Å². The number of unbranched alkanes of at least 4 members (excludes halogenated alkanes) is 1. The van der Waals surface area contributed by atoms with Crippen molar-refractivity contribution in [1.82, 2.24) is 40.1 Å². The fraction of sp³-hybridized carbons (Fsp3) is 0.375. The Balaban J connectivity index is 1.41. The van der Waals surface area contributed by atoms with Gasteiger partial charge >= 0.3 is 0 Å². The van der Waals surface area contributed by atoms with Gasteiger partial charge in [-0.15, -0.1) is 5.10 Å². The zero-order chi connectivity index (χ0) is 22.7. The Kier molecular flexibility index (Phi) is 5.77. The number of aromatic nitrogens is 8. The molecule has 0 fully saturated rings. The Morgan fingerprint density at radius 2 is 2.12 bits per heavy atom. The molecule has 0 spiro atoms. The number of H-pyrrole nitrogens is 2. The lowest BCUT2D eigenvalue weighted by Crippen LogP contribution is -2.36. The Morgan fingerprint density at radius 1 is 1.24 bits per heavy atom. The molecule has 2 unspecified atom stereocenters. The average Bonchev–Trinajstić information content (AvgIpc) is 3.60. The lowest BCUT2D eigenvalue weighted by molar-refractivity contribution is 0.204. The molecule has 4 aromatic rings. The van der Waals surface area contributed by atoms with Gasteiger partial charge in [0.2, 0.25) is 0 Å². The van der Waals surface area contributed by atoms with E-state index < -0.39 is 5.41 Å². The van der Waals surface area contributed by atoms with Gasteiger partial charge in [0.1, 0.15) is 18.2 Å². The smallest absolute Gasteiger partial charge is 0.197 e. The highest BCUT2D eigenvalue weighted by Crippen LogP contribution is 2.42. The molecule has 3 aromatic heterocycles. The summed E-state index contributed by atoms with van der Waals surface area (Å²) in [7, 11) is 0. The van der Waals surface area contributed by atoms with Crippen LogP contribution >= 0.6 is 0 Å². The summed E-state index contributed by atoms with van der Waals surface area (Å²) in [6, 6.07) is 10.1. The highest BCUT2D eigenvalue weighted by atomic mass is 16.5. The molecule has 9 heteroatoms. The quantitative estimate of drug-likeness (QED) is 0.401. The lowest BCUT2D eigenvalue weighted by atomic mass is 9.74. The number of aryl methyl sites for hydroxylation is 1. The van der Waals surface area contributed by atoms with E-state index in [4.69, 9.17) is 4.74 Å². The number of hydrogen-bond acceptors (Lipinski definition) is 6. The highest BCUT2D eigenvalue weighted by Gasteiger charge is 2.41. The van der Waals surface area contributed by atoms with Crippen molar-refractivity contribution in [1.29, 1.82) is 0 Å². The number of benzene rings is 1. The van der Waals surface area contributed by atoms with Gasteiger partial charge in [0.05, 0.1) is 17.8 Å². The van der Waals surface area contributed by atoms with E-state index in [0.29, 0.717) is 18.9 Å². The van der Waals surface area contributed by atoms with Crippen molar-refractivity contribution in [2.45, 2.75) is 57.6 Å². The molecule has 0 saturated carbocycles. The van der Waals surface area contributed by atoms with Crippen LogP contribution in [0.3, 0.4) is 0 Å². The molecule has 2 N–H and O–H groups in total. The summed E-state index contributed by atoms with van der Waals surface area (Å²) in [5.74, 6) is 2.52. The molecule has 0 bridgehead atoms. The van der Waals surface area contributed by atoms with E-state index >= 15 is 0 Å². The van der Waals surface area contributed by atoms with Gasteiger partial charge in [-0.1, -0.05) is 49.8 Å². The molecule has 33 heavy (non-hydrogen) atoms. The molecule has 1 aliphatic carbocycles. The highest BCUT2D eigenvalue weighted by molar-refractivity contribution is 5.67. The number of hydrogen-bond donors (Lipinski definition) is 2. The van der Waals surface area contributed by atoms with Crippen molar-refractivity contribution in [3.05, 3.63) is 77.9 Å². The monoisotopic (exact) mass is 444 g/mol. The van der Waals surface area contributed by atoms with Crippen molar-refractivity contribution in [3.8, 4) is 0 Å². The first-order valence-corrected chi connectivity index (χ1v) is 11.4. The van der Waals surface area contributed by atoms with Crippen molar-refractivity contribution < 1.29 is 4.74 Å². The van der Waals surface area contributed by atoms with Crippen LogP contribution in [0.25, 0.3) is 11.3 Å². The number of imidazole rings is 2. The molecule has 9 nitrogen and oxygen atoms in total. The zero-order valence-electron chi connectivity index (χ0n) is 18.9. The number of rotatable bonds is 9. The number of allylic oxidation sites excluding steroid dienone is 3. The standard InChI is InChI=1S/C24H28N8O/c1-3-4-10-20-26-21-22(27-20)32(16-25-21)17(2)24(23-28-30-31-29-23)13-11-19(12-14-24)33-15-18-8-6-5-7-9-18/h5-9,11-13,16-17H,3-4,10,14-15H2,1-2H3,(H,26,27)(H,28,29,30,31). The van der Waals surface area contributed by atoms with E-state index in [0.717, 1.165) is 47.7 Å². The van der Waals surface area contributed by atoms with Crippen LogP contribution in [0.5, 0.6) is 0 Å². The summed E-state index contributed by atoms with van der Waals surface area (Å²) >= 11 is 0. The average molecular weight is 445 g/mol. The molecule has 170 valence electrons. The normalized spacial score (nSPS) is 19.0.